The van der Waals surface area contributed by atoms with Gasteiger partial charge in [-0.25, -0.2) is 9.78 Å². The summed E-state index contributed by atoms with van der Waals surface area (Å²) in [5.41, 5.74) is 9.84. The van der Waals surface area contributed by atoms with Crippen LogP contribution in [0.2, 0.25) is 0 Å². The van der Waals surface area contributed by atoms with E-state index in [0.717, 1.165) is 47.8 Å². The monoisotopic (exact) mass is 550 g/mol. The molecule has 7 nitrogen and oxygen atoms in total. The summed E-state index contributed by atoms with van der Waals surface area (Å²) >= 11 is 4.76. The number of benzene rings is 1. The highest BCUT2D eigenvalue weighted by molar-refractivity contribution is 9.10. The number of hydrogen-bond acceptors (Lipinski definition) is 8. The van der Waals surface area contributed by atoms with Crippen LogP contribution >= 0.6 is 27.7 Å². The molecule has 1 aromatic carbocycles. The third kappa shape index (κ3) is 5.22. The fourth-order valence-corrected chi connectivity index (χ4v) is 5.73. The largest absolute Gasteiger partial charge is 0.466 e. The van der Waals surface area contributed by atoms with Crippen molar-refractivity contribution >= 4 is 33.7 Å². The molecule has 1 aromatic heterocycles. The van der Waals surface area contributed by atoms with Gasteiger partial charge >= 0.3 is 5.97 Å². The fraction of sp³-hybridized carbons (Fsp3) is 0.308. The van der Waals surface area contributed by atoms with Crippen LogP contribution < -0.4 is 5.73 Å². The van der Waals surface area contributed by atoms with Gasteiger partial charge in [0.1, 0.15) is 28.5 Å². The molecule has 9 heteroatoms. The molecule has 1 aliphatic carbocycles. The zero-order valence-electron chi connectivity index (χ0n) is 19.1. The number of carbonyl (C=O) groups excluding carboxylic acids is 1. The first-order valence-corrected chi connectivity index (χ1v) is 12.9. The Labute approximate surface area is 216 Å². The molecule has 0 amide bonds. The molecule has 178 valence electrons. The number of aromatic nitrogens is 1. The quantitative estimate of drug-likeness (QED) is 0.313. The topological polar surface area (TPSA) is 122 Å². The summed E-state index contributed by atoms with van der Waals surface area (Å²) in [6.07, 6.45) is 5.12. The number of methoxy groups -OCH3 is 1. The summed E-state index contributed by atoms with van der Waals surface area (Å²) in [6, 6.07) is 13.6. The van der Waals surface area contributed by atoms with Gasteiger partial charge in [-0.05, 0) is 55.0 Å². The van der Waals surface area contributed by atoms with Crippen molar-refractivity contribution in [1.82, 2.24) is 4.98 Å². The molecule has 2 N–H and O–H groups in total. The second-order valence-corrected chi connectivity index (χ2v) is 10.1. The number of allylic oxidation sites excluding steroid dienone is 1. The van der Waals surface area contributed by atoms with Gasteiger partial charge in [0.2, 0.25) is 5.88 Å². The summed E-state index contributed by atoms with van der Waals surface area (Å²) in [5.74, 6) is -0.944. The van der Waals surface area contributed by atoms with Gasteiger partial charge in [-0.2, -0.15) is 10.5 Å². The average molecular weight is 551 g/mol. The average Bonchev–Trinajstić information content (AvgIpc) is 3.10. The van der Waals surface area contributed by atoms with Gasteiger partial charge in [-0.15, -0.1) is 0 Å². The Hall–Kier alpha value is -3.27. The Balaban J connectivity index is 1.75. The summed E-state index contributed by atoms with van der Waals surface area (Å²) in [6.45, 7) is 0. The smallest absolute Gasteiger partial charge is 0.338 e. The molecule has 1 atom stereocenters. The zero-order valence-corrected chi connectivity index (χ0v) is 21.5. The van der Waals surface area contributed by atoms with Gasteiger partial charge in [0, 0.05) is 10.2 Å². The van der Waals surface area contributed by atoms with E-state index in [1.165, 1.54) is 18.9 Å². The van der Waals surface area contributed by atoms with E-state index >= 15 is 0 Å². The van der Waals surface area contributed by atoms with Gasteiger partial charge < -0.3 is 15.2 Å². The van der Waals surface area contributed by atoms with E-state index in [9.17, 15) is 15.3 Å². The van der Waals surface area contributed by atoms with Crippen molar-refractivity contribution in [2.75, 3.05) is 12.9 Å². The van der Waals surface area contributed by atoms with Crippen LogP contribution in [0, 0.1) is 22.7 Å². The number of halogens is 1. The van der Waals surface area contributed by atoms with Gasteiger partial charge in [-0.1, -0.05) is 46.2 Å². The second-order valence-electron chi connectivity index (χ2n) is 8.22. The molecular formula is C26H23BrN4O3S. The van der Waals surface area contributed by atoms with E-state index in [0.29, 0.717) is 16.2 Å². The number of carbonyl (C=O) groups is 1. The predicted octanol–water partition coefficient (Wildman–Crippen LogP) is 5.01. The molecule has 0 unspecified atom stereocenters. The van der Waals surface area contributed by atoms with Crippen LogP contribution in [0.1, 0.15) is 47.6 Å². The van der Waals surface area contributed by atoms with Crippen LogP contribution in [0.15, 0.2) is 62.6 Å². The van der Waals surface area contributed by atoms with E-state index < -0.39 is 11.9 Å². The number of nitriles is 2. The Morgan fingerprint density at radius 3 is 2.77 bits per heavy atom. The minimum atomic E-state index is -0.746. The zero-order chi connectivity index (χ0) is 24.9. The van der Waals surface area contributed by atoms with Crippen LogP contribution in [0.5, 0.6) is 0 Å². The SMILES string of the molecule is COC(=O)C1=C(CSc2nc3c(cc2C#N)CCCCC3)OC(N)=C(C#N)[C@H]1c1cccc(Br)c1. The van der Waals surface area contributed by atoms with Crippen LogP contribution in [0.3, 0.4) is 0 Å². The Kier molecular flexibility index (Phi) is 7.80. The second kappa shape index (κ2) is 11.0. The molecule has 35 heavy (non-hydrogen) atoms. The minimum Gasteiger partial charge on any atom is -0.466 e. The molecule has 1 aliphatic heterocycles. The first kappa shape index (κ1) is 24.8. The molecule has 0 saturated carbocycles. The number of thioether (sulfide) groups is 1. The van der Waals surface area contributed by atoms with Crippen molar-refractivity contribution in [2.24, 2.45) is 5.73 Å². The summed E-state index contributed by atoms with van der Waals surface area (Å²) in [7, 11) is 1.29. The van der Waals surface area contributed by atoms with Crippen molar-refractivity contribution < 1.29 is 14.3 Å². The van der Waals surface area contributed by atoms with Crippen molar-refractivity contribution in [3.63, 3.8) is 0 Å². The van der Waals surface area contributed by atoms with E-state index in [4.69, 9.17) is 20.2 Å². The van der Waals surface area contributed by atoms with Crippen molar-refractivity contribution in [3.8, 4) is 12.1 Å². The number of hydrogen-bond donors (Lipinski definition) is 1. The van der Waals surface area contributed by atoms with Crippen LogP contribution in [0.25, 0.3) is 0 Å². The van der Waals surface area contributed by atoms with Crippen molar-refractivity contribution in [1.29, 1.82) is 10.5 Å². The summed E-state index contributed by atoms with van der Waals surface area (Å²) in [4.78, 5) is 17.8. The van der Waals surface area contributed by atoms with E-state index in [2.05, 4.69) is 28.1 Å². The number of nitrogens with zero attached hydrogens (tertiary/aromatic N) is 3. The number of aryl methyl sites for hydroxylation is 2. The highest BCUT2D eigenvalue weighted by atomic mass is 79.9. The number of rotatable bonds is 5. The summed E-state index contributed by atoms with van der Waals surface area (Å²) in [5, 5.41) is 20.2. The van der Waals surface area contributed by atoms with E-state index in [-0.39, 0.29) is 28.5 Å². The molecular weight excluding hydrogens is 528 g/mol. The molecule has 2 aromatic rings. The molecule has 2 aliphatic rings. The first-order chi connectivity index (χ1) is 17.0. The van der Waals surface area contributed by atoms with Gasteiger partial charge in [-0.3, -0.25) is 0 Å². The lowest BCUT2D eigenvalue weighted by Crippen LogP contribution is -2.26. The van der Waals surface area contributed by atoms with Crippen LogP contribution in [-0.2, 0) is 27.1 Å². The maximum atomic E-state index is 13.0. The normalized spacial score (nSPS) is 17.5. The molecule has 0 spiro atoms. The molecule has 4 rings (SSSR count). The third-order valence-electron chi connectivity index (χ3n) is 6.06. The molecule has 0 saturated heterocycles. The van der Waals surface area contributed by atoms with Crippen molar-refractivity contribution in [3.05, 3.63) is 80.0 Å². The van der Waals surface area contributed by atoms with Crippen molar-refractivity contribution in [2.45, 2.75) is 43.0 Å². The lowest BCUT2D eigenvalue weighted by atomic mass is 9.83. The van der Waals surface area contributed by atoms with Gasteiger partial charge in [0.05, 0.1) is 29.9 Å². The van der Waals surface area contributed by atoms with Gasteiger partial charge in [0.25, 0.3) is 0 Å². The maximum absolute atomic E-state index is 13.0. The lowest BCUT2D eigenvalue weighted by molar-refractivity contribution is -0.136. The lowest BCUT2D eigenvalue weighted by Gasteiger charge is -2.28. The van der Waals surface area contributed by atoms with E-state index in [1.54, 1.807) is 0 Å². The highest BCUT2D eigenvalue weighted by Gasteiger charge is 2.37. The molecule has 0 fully saturated rings. The first-order valence-electron chi connectivity index (χ1n) is 11.2. The minimum absolute atomic E-state index is 0.0591. The maximum Gasteiger partial charge on any atom is 0.338 e. The Morgan fingerprint density at radius 2 is 2.06 bits per heavy atom. The number of esters is 1. The summed E-state index contributed by atoms with van der Waals surface area (Å²) < 4.78 is 11.7. The Morgan fingerprint density at radius 1 is 1.26 bits per heavy atom. The standard InChI is InChI=1S/C26H23BrN4O3S/c1-33-26(32)23-21(34-24(30)19(13-29)22(23)16-7-5-8-18(27)11-16)14-35-25-17(12-28)10-15-6-3-2-4-9-20(15)31-25/h5,7-8,10-11,22H,2-4,6,9,14,30H2,1H3/t22-/m1/s1. The fourth-order valence-electron chi connectivity index (χ4n) is 4.39. The molecule has 0 radical (unpaired) electrons. The van der Waals surface area contributed by atoms with Crippen LogP contribution in [0.4, 0.5) is 0 Å². The van der Waals surface area contributed by atoms with E-state index in [1.807, 2.05) is 30.3 Å². The number of fused-ring (bicyclic) bond motifs is 1. The van der Waals surface area contributed by atoms with Crippen LogP contribution in [-0.4, -0.2) is 23.8 Å². The number of ether oxygens (including phenoxy) is 2. The molecule has 0 bridgehead atoms. The third-order valence-corrected chi connectivity index (χ3v) is 7.54. The van der Waals surface area contributed by atoms with Gasteiger partial charge in [0.15, 0.2) is 0 Å². The number of pyridine rings is 1. The Bertz CT molecular complexity index is 1320. The number of nitrogens with two attached hydrogens (primary N) is 1. The predicted molar refractivity (Wildman–Crippen MR) is 135 cm³/mol. The highest BCUT2D eigenvalue weighted by Crippen LogP contribution is 2.41. The molecule has 2 heterocycles.